The maximum Gasteiger partial charge on any atom is 0.306 e. The predicted octanol–water partition coefficient (Wildman–Crippen LogP) is 16.5. The molecule has 0 bridgehead atoms. The lowest BCUT2D eigenvalue weighted by Crippen LogP contribution is -2.30. The summed E-state index contributed by atoms with van der Waals surface area (Å²) in [5.74, 6) is -1.10. The molecule has 1 unspecified atom stereocenters. The van der Waals surface area contributed by atoms with Crippen LogP contribution in [0.25, 0.3) is 0 Å². The molecule has 0 aliphatic heterocycles. The van der Waals surface area contributed by atoms with Crippen LogP contribution in [-0.2, 0) is 28.6 Å². The first kappa shape index (κ1) is 61.0. The van der Waals surface area contributed by atoms with Crippen LogP contribution in [0.2, 0.25) is 0 Å². The van der Waals surface area contributed by atoms with E-state index in [9.17, 15) is 14.4 Å². The standard InChI is InChI=1S/C61H84O6/c1-4-7-10-13-16-19-22-25-28-29-30-31-34-36-39-42-45-48-51-54-60(63)66-57-58(67-61(64)55-52-49-46-43-40-37-33-27-24-21-18-15-12-9-6-3)56-65-59(62)53-50-47-44-41-38-35-32-26-23-20-17-14-11-8-5-2/h7-40,58H,4-6,41-57H2,1-3H3/b10-7-,11-8-,12-9-,16-13-,17-14-,18-15-,22-19-,23-20-,24-21-,28-25-,30-29+,32-26-,33-27-,34-31-,38-35-,39-36-,40-37-. The molecule has 67 heavy (non-hydrogen) atoms. The predicted molar refractivity (Wildman–Crippen MR) is 287 cm³/mol. The molecule has 0 N–H and O–H groups in total. The van der Waals surface area contributed by atoms with Crippen LogP contribution >= 0.6 is 0 Å². The molecule has 0 aromatic carbocycles. The number of hydrogen-bond acceptors (Lipinski definition) is 6. The summed E-state index contributed by atoms with van der Waals surface area (Å²) in [6.07, 6.45) is 82.3. The lowest BCUT2D eigenvalue weighted by Gasteiger charge is -2.18. The van der Waals surface area contributed by atoms with Gasteiger partial charge in [-0.05, 0) is 77.0 Å². The van der Waals surface area contributed by atoms with Crippen molar-refractivity contribution >= 4 is 17.9 Å². The van der Waals surface area contributed by atoms with Crippen LogP contribution in [0, 0.1) is 0 Å². The molecule has 0 saturated carbocycles. The van der Waals surface area contributed by atoms with Crippen molar-refractivity contribution < 1.29 is 28.6 Å². The minimum absolute atomic E-state index is 0.147. The van der Waals surface area contributed by atoms with Crippen molar-refractivity contribution in [3.8, 4) is 0 Å². The van der Waals surface area contributed by atoms with Gasteiger partial charge in [-0.15, -0.1) is 0 Å². The maximum absolute atomic E-state index is 12.8. The van der Waals surface area contributed by atoms with E-state index < -0.39 is 6.10 Å². The van der Waals surface area contributed by atoms with Crippen LogP contribution in [0.3, 0.4) is 0 Å². The Morgan fingerprint density at radius 1 is 0.299 bits per heavy atom. The third-order valence-corrected chi connectivity index (χ3v) is 9.21. The number of esters is 3. The number of allylic oxidation sites excluding steroid dienone is 34. The van der Waals surface area contributed by atoms with Crippen LogP contribution in [0.1, 0.15) is 136 Å². The quantitative estimate of drug-likeness (QED) is 0.0264. The number of hydrogen-bond donors (Lipinski definition) is 0. The Morgan fingerprint density at radius 2 is 0.537 bits per heavy atom. The average molecular weight is 913 g/mol. The molecule has 0 fully saturated rings. The first-order valence-corrected chi connectivity index (χ1v) is 24.8. The molecule has 1 atom stereocenters. The Balaban J connectivity index is 4.71. The Morgan fingerprint density at radius 3 is 0.806 bits per heavy atom. The van der Waals surface area contributed by atoms with Crippen molar-refractivity contribution in [3.05, 3.63) is 207 Å². The summed E-state index contributed by atoms with van der Waals surface area (Å²) >= 11 is 0. The normalized spacial score (nSPS) is 13.9. The number of unbranched alkanes of at least 4 members (excludes halogenated alkanes) is 9. The summed E-state index contributed by atoms with van der Waals surface area (Å²) in [5.41, 5.74) is 0. The summed E-state index contributed by atoms with van der Waals surface area (Å²) in [7, 11) is 0. The second-order valence-corrected chi connectivity index (χ2v) is 15.3. The van der Waals surface area contributed by atoms with Crippen molar-refractivity contribution in [2.45, 2.75) is 142 Å². The van der Waals surface area contributed by atoms with Gasteiger partial charge in [0.2, 0.25) is 0 Å². The maximum atomic E-state index is 12.8. The van der Waals surface area contributed by atoms with E-state index in [-0.39, 0.29) is 50.4 Å². The zero-order valence-corrected chi connectivity index (χ0v) is 41.3. The topological polar surface area (TPSA) is 78.9 Å². The van der Waals surface area contributed by atoms with Crippen molar-refractivity contribution in [2.75, 3.05) is 13.2 Å². The lowest BCUT2D eigenvalue weighted by molar-refractivity contribution is -0.167. The van der Waals surface area contributed by atoms with Gasteiger partial charge in [0, 0.05) is 19.3 Å². The Kier molecular flexibility index (Phi) is 47.9. The first-order valence-electron chi connectivity index (χ1n) is 24.8. The summed E-state index contributed by atoms with van der Waals surface area (Å²) in [6.45, 7) is 6.04. The van der Waals surface area contributed by atoms with Crippen molar-refractivity contribution in [1.29, 1.82) is 0 Å². The molecule has 0 spiro atoms. The number of carbonyl (C=O) groups is 3. The fourth-order valence-electron chi connectivity index (χ4n) is 5.58. The third-order valence-electron chi connectivity index (χ3n) is 9.21. The molecule has 364 valence electrons. The van der Waals surface area contributed by atoms with E-state index in [1.54, 1.807) is 0 Å². The van der Waals surface area contributed by atoms with E-state index in [0.29, 0.717) is 19.3 Å². The molecule has 0 rings (SSSR count). The summed E-state index contributed by atoms with van der Waals surface area (Å²) in [6, 6.07) is 0. The molecule has 0 saturated heterocycles. The molecule has 0 aliphatic rings. The zero-order chi connectivity index (χ0) is 48.6. The van der Waals surface area contributed by atoms with E-state index in [1.165, 1.54) is 0 Å². The monoisotopic (exact) mass is 913 g/mol. The highest BCUT2D eigenvalue weighted by Crippen LogP contribution is 2.10. The van der Waals surface area contributed by atoms with E-state index >= 15 is 0 Å². The van der Waals surface area contributed by atoms with Crippen LogP contribution in [0.5, 0.6) is 0 Å². The molecule has 0 heterocycles. The fourth-order valence-corrected chi connectivity index (χ4v) is 5.58. The van der Waals surface area contributed by atoms with Gasteiger partial charge >= 0.3 is 17.9 Å². The van der Waals surface area contributed by atoms with Gasteiger partial charge in [-0.3, -0.25) is 14.4 Å². The van der Waals surface area contributed by atoms with E-state index in [2.05, 4.69) is 57.2 Å². The molecule has 0 radical (unpaired) electrons. The molecule has 0 aliphatic carbocycles. The Hall–Kier alpha value is -6.01. The third kappa shape index (κ3) is 50.8. The smallest absolute Gasteiger partial charge is 0.306 e. The highest BCUT2D eigenvalue weighted by atomic mass is 16.6. The fraction of sp³-hybridized carbons (Fsp3) is 0.393. The minimum Gasteiger partial charge on any atom is -0.462 e. The van der Waals surface area contributed by atoms with Gasteiger partial charge in [-0.25, -0.2) is 0 Å². The summed E-state index contributed by atoms with van der Waals surface area (Å²) in [4.78, 5) is 38.0. The Bertz CT molecular complexity index is 1760. The highest BCUT2D eigenvalue weighted by molar-refractivity contribution is 5.71. The molecular weight excluding hydrogens is 829 g/mol. The van der Waals surface area contributed by atoms with Crippen LogP contribution in [-0.4, -0.2) is 37.2 Å². The molecule has 6 heteroatoms. The van der Waals surface area contributed by atoms with Gasteiger partial charge in [0.1, 0.15) is 13.2 Å². The van der Waals surface area contributed by atoms with Crippen molar-refractivity contribution in [1.82, 2.24) is 0 Å². The van der Waals surface area contributed by atoms with Gasteiger partial charge in [0.05, 0.1) is 0 Å². The van der Waals surface area contributed by atoms with Gasteiger partial charge in [-0.1, -0.05) is 247 Å². The zero-order valence-electron chi connectivity index (χ0n) is 41.3. The average Bonchev–Trinajstić information content (AvgIpc) is 3.33. The number of ether oxygens (including phenoxy) is 3. The van der Waals surface area contributed by atoms with Gasteiger partial charge in [-0.2, -0.15) is 0 Å². The minimum atomic E-state index is -0.851. The second kappa shape index (κ2) is 52.6. The molecule has 6 nitrogen and oxygen atoms in total. The van der Waals surface area contributed by atoms with Crippen LogP contribution in [0.4, 0.5) is 0 Å². The Labute approximate surface area is 407 Å². The largest absolute Gasteiger partial charge is 0.462 e. The van der Waals surface area contributed by atoms with Crippen LogP contribution < -0.4 is 0 Å². The van der Waals surface area contributed by atoms with Crippen molar-refractivity contribution in [3.63, 3.8) is 0 Å². The summed E-state index contributed by atoms with van der Waals surface area (Å²) < 4.78 is 16.7. The first-order chi connectivity index (χ1) is 33.0. The SMILES string of the molecule is CC\C=C/C=C\C=C/C=C\C=C/CCCCCC(=O)OCC(COC(=O)CCCCC\C=C/C=C\C=C\C=C/C=C\C=C/C=C\CC)OC(=O)CCCCC\C=C/C=C\C=C/C=C\C=C/CC. The van der Waals surface area contributed by atoms with E-state index in [4.69, 9.17) is 14.2 Å². The van der Waals surface area contributed by atoms with Gasteiger partial charge < -0.3 is 14.2 Å². The lowest BCUT2D eigenvalue weighted by atomic mass is 10.1. The molecule has 0 amide bonds. The number of carbonyl (C=O) groups excluding carboxylic acids is 3. The van der Waals surface area contributed by atoms with Crippen LogP contribution in [0.15, 0.2) is 207 Å². The highest BCUT2D eigenvalue weighted by Gasteiger charge is 2.19. The number of rotatable bonds is 40. The van der Waals surface area contributed by atoms with Crippen molar-refractivity contribution in [2.24, 2.45) is 0 Å². The summed E-state index contributed by atoms with van der Waals surface area (Å²) in [5, 5.41) is 0. The van der Waals surface area contributed by atoms with Gasteiger partial charge in [0.25, 0.3) is 0 Å². The van der Waals surface area contributed by atoms with Gasteiger partial charge in [0.15, 0.2) is 6.10 Å². The molecular formula is C61H84O6. The van der Waals surface area contributed by atoms with E-state index in [0.717, 1.165) is 77.0 Å². The second-order valence-electron chi connectivity index (χ2n) is 15.3. The molecule has 0 aromatic heterocycles. The van der Waals surface area contributed by atoms with E-state index in [1.807, 2.05) is 170 Å². The molecule has 0 aromatic rings.